The second-order valence-corrected chi connectivity index (χ2v) is 5.80. The molecular weight excluding hydrogens is 300 g/mol. The normalized spacial score (nSPS) is 10.5. The first kappa shape index (κ1) is 15.9. The van der Waals surface area contributed by atoms with E-state index in [-0.39, 0.29) is 11.7 Å². The Labute approximate surface area is 141 Å². The fourth-order valence-electron chi connectivity index (χ4n) is 2.69. The average Bonchev–Trinajstić information content (AvgIpc) is 3.05. The van der Waals surface area contributed by atoms with Gasteiger partial charge >= 0.3 is 0 Å². The number of benzene rings is 2. The number of aromatic nitrogens is 1. The summed E-state index contributed by atoms with van der Waals surface area (Å²) in [4.78, 5) is 14.4. The topological polar surface area (TPSA) is 45.5 Å². The van der Waals surface area contributed by atoms with Crippen molar-refractivity contribution in [1.82, 2.24) is 9.47 Å². The molecule has 0 atom stereocenters. The van der Waals surface area contributed by atoms with E-state index in [1.54, 1.807) is 24.1 Å². The number of phenols is 1. The second kappa shape index (κ2) is 7.04. The molecule has 0 saturated carbocycles. The molecule has 2 aromatic carbocycles. The van der Waals surface area contributed by atoms with Gasteiger partial charge in [-0.15, -0.1) is 0 Å². The van der Waals surface area contributed by atoms with Crippen LogP contribution in [-0.2, 0) is 13.1 Å². The summed E-state index contributed by atoms with van der Waals surface area (Å²) in [6.07, 6.45) is 1.91. The number of hydrogen-bond donors (Lipinski definition) is 1. The zero-order valence-corrected chi connectivity index (χ0v) is 13.6. The molecule has 24 heavy (non-hydrogen) atoms. The molecule has 0 aliphatic heterocycles. The van der Waals surface area contributed by atoms with Crippen LogP contribution in [0.2, 0.25) is 0 Å². The molecule has 0 unspecified atom stereocenters. The van der Waals surface area contributed by atoms with Crippen molar-refractivity contribution in [2.24, 2.45) is 0 Å². The van der Waals surface area contributed by atoms with Gasteiger partial charge in [-0.1, -0.05) is 48.5 Å². The number of amides is 1. The smallest absolute Gasteiger partial charge is 0.270 e. The van der Waals surface area contributed by atoms with E-state index in [1.165, 1.54) is 0 Å². The van der Waals surface area contributed by atoms with Crippen molar-refractivity contribution in [2.75, 3.05) is 7.05 Å². The lowest BCUT2D eigenvalue weighted by Crippen LogP contribution is -2.28. The van der Waals surface area contributed by atoms with E-state index >= 15 is 0 Å². The maximum Gasteiger partial charge on any atom is 0.270 e. The zero-order chi connectivity index (χ0) is 16.9. The van der Waals surface area contributed by atoms with Crippen LogP contribution in [0.1, 0.15) is 21.6 Å². The molecular formula is C20H20N2O2. The van der Waals surface area contributed by atoms with E-state index in [0.717, 1.165) is 11.1 Å². The molecule has 0 aliphatic rings. The third kappa shape index (κ3) is 3.49. The maximum absolute atomic E-state index is 12.8. The molecule has 0 spiro atoms. The summed E-state index contributed by atoms with van der Waals surface area (Å²) < 4.78 is 1.94. The highest BCUT2D eigenvalue weighted by Gasteiger charge is 2.17. The molecule has 0 fully saturated rings. The summed E-state index contributed by atoms with van der Waals surface area (Å²) in [5.41, 5.74) is 2.51. The number of phenolic OH excluding ortho intramolecular Hbond substituents is 1. The van der Waals surface area contributed by atoms with Crippen molar-refractivity contribution < 1.29 is 9.90 Å². The van der Waals surface area contributed by atoms with Crippen LogP contribution in [0.15, 0.2) is 72.9 Å². The lowest BCUT2D eigenvalue weighted by atomic mass is 10.2. The number of hydrogen-bond acceptors (Lipinski definition) is 2. The molecule has 0 aliphatic carbocycles. The van der Waals surface area contributed by atoms with Crippen LogP contribution in [0.3, 0.4) is 0 Å². The zero-order valence-electron chi connectivity index (χ0n) is 13.6. The SMILES string of the molecule is CN(Cc1ccccc1O)C(=O)c1cccn1Cc1ccccc1. The van der Waals surface area contributed by atoms with E-state index in [1.807, 2.05) is 65.4 Å². The number of nitrogens with zero attached hydrogens (tertiary/aromatic N) is 2. The summed E-state index contributed by atoms with van der Waals surface area (Å²) in [6.45, 7) is 1.02. The number of rotatable bonds is 5. The minimum Gasteiger partial charge on any atom is -0.508 e. The van der Waals surface area contributed by atoms with Crippen LogP contribution in [-0.4, -0.2) is 27.5 Å². The molecule has 0 saturated heterocycles. The van der Waals surface area contributed by atoms with Crippen molar-refractivity contribution in [1.29, 1.82) is 0 Å². The minimum absolute atomic E-state index is 0.0702. The Morgan fingerprint density at radius 1 is 1.00 bits per heavy atom. The molecule has 0 radical (unpaired) electrons. The Balaban J connectivity index is 1.76. The highest BCUT2D eigenvalue weighted by molar-refractivity contribution is 5.92. The minimum atomic E-state index is -0.0702. The molecule has 4 heteroatoms. The van der Waals surface area contributed by atoms with E-state index in [9.17, 15) is 9.90 Å². The molecule has 3 rings (SSSR count). The first-order valence-electron chi connectivity index (χ1n) is 7.86. The van der Waals surface area contributed by atoms with Gasteiger partial charge in [-0.2, -0.15) is 0 Å². The van der Waals surface area contributed by atoms with Crippen LogP contribution >= 0.6 is 0 Å². The summed E-state index contributed by atoms with van der Waals surface area (Å²) in [5, 5.41) is 9.88. The lowest BCUT2D eigenvalue weighted by Gasteiger charge is -2.19. The van der Waals surface area contributed by atoms with E-state index in [0.29, 0.717) is 18.8 Å². The molecule has 3 aromatic rings. The molecule has 1 heterocycles. The van der Waals surface area contributed by atoms with E-state index in [4.69, 9.17) is 0 Å². The Kier molecular flexibility index (Phi) is 4.66. The van der Waals surface area contributed by atoms with Crippen LogP contribution in [0, 0.1) is 0 Å². The van der Waals surface area contributed by atoms with Crippen molar-refractivity contribution in [3.05, 3.63) is 89.7 Å². The Morgan fingerprint density at radius 3 is 2.46 bits per heavy atom. The van der Waals surface area contributed by atoms with Crippen LogP contribution in [0.4, 0.5) is 0 Å². The highest BCUT2D eigenvalue weighted by atomic mass is 16.3. The van der Waals surface area contributed by atoms with Crippen LogP contribution in [0.5, 0.6) is 5.75 Å². The third-order valence-corrected chi connectivity index (χ3v) is 3.99. The molecule has 122 valence electrons. The van der Waals surface area contributed by atoms with Gasteiger partial charge < -0.3 is 14.6 Å². The average molecular weight is 320 g/mol. The molecule has 1 aromatic heterocycles. The lowest BCUT2D eigenvalue weighted by molar-refractivity contribution is 0.0774. The van der Waals surface area contributed by atoms with Gasteiger partial charge in [0.1, 0.15) is 11.4 Å². The molecule has 0 bridgehead atoms. The van der Waals surface area contributed by atoms with Crippen molar-refractivity contribution >= 4 is 5.91 Å². The standard InChI is InChI=1S/C20H20N2O2/c1-21(15-17-10-5-6-12-19(17)23)20(24)18-11-7-13-22(18)14-16-8-3-2-4-9-16/h2-13,23H,14-15H2,1H3. The van der Waals surface area contributed by atoms with Gasteiger partial charge in [0.25, 0.3) is 5.91 Å². The van der Waals surface area contributed by atoms with Crippen molar-refractivity contribution in [3.8, 4) is 5.75 Å². The summed E-state index contributed by atoms with van der Waals surface area (Å²) in [5.74, 6) is 0.135. The number of aromatic hydroxyl groups is 1. The largest absolute Gasteiger partial charge is 0.508 e. The Morgan fingerprint density at radius 2 is 1.71 bits per heavy atom. The first-order chi connectivity index (χ1) is 11.6. The summed E-state index contributed by atoms with van der Waals surface area (Å²) in [7, 11) is 1.74. The van der Waals surface area contributed by atoms with Gasteiger partial charge in [-0.25, -0.2) is 0 Å². The van der Waals surface area contributed by atoms with Gasteiger partial charge in [0.05, 0.1) is 0 Å². The Bertz CT molecular complexity index is 824. The maximum atomic E-state index is 12.8. The molecule has 1 amide bonds. The van der Waals surface area contributed by atoms with E-state index in [2.05, 4.69) is 0 Å². The first-order valence-corrected chi connectivity index (χ1v) is 7.86. The van der Waals surface area contributed by atoms with Crippen LogP contribution < -0.4 is 0 Å². The number of para-hydroxylation sites is 1. The van der Waals surface area contributed by atoms with Crippen molar-refractivity contribution in [2.45, 2.75) is 13.1 Å². The Hall–Kier alpha value is -3.01. The number of carbonyl (C=O) groups excluding carboxylic acids is 1. The molecule has 4 nitrogen and oxygen atoms in total. The van der Waals surface area contributed by atoms with Gasteiger partial charge in [-0.3, -0.25) is 4.79 Å². The van der Waals surface area contributed by atoms with Gasteiger partial charge in [0.15, 0.2) is 0 Å². The predicted octanol–water partition coefficient (Wildman–Crippen LogP) is 3.51. The fraction of sp³-hybridized carbons (Fsp3) is 0.150. The third-order valence-electron chi connectivity index (χ3n) is 3.99. The van der Waals surface area contributed by atoms with Gasteiger partial charge in [-0.05, 0) is 23.8 Å². The monoisotopic (exact) mass is 320 g/mol. The van der Waals surface area contributed by atoms with Gasteiger partial charge in [0, 0.05) is 31.9 Å². The van der Waals surface area contributed by atoms with Crippen LogP contribution in [0.25, 0.3) is 0 Å². The fourth-order valence-corrected chi connectivity index (χ4v) is 2.69. The number of carbonyl (C=O) groups is 1. The summed E-state index contributed by atoms with van der Waals surface area (Å²) in [6, 6.07) is 20.8. The van der Waals surface area contributed by atoms with Crippen molar-refractivity contribution in [3.63, 3.8) is 0 Å². The van der Waals surface area contributed by atoms with Gasteiger partial charge in [0.2, 0.25) is 0 Å². The highest BCUT2D eigenvalue weighted by Crippen LogP contribution is 2.18. The van der Waals surface area contributed by atoms with E-state index < -0.39 is 0 Å². The molecule has 1 N–H and O–H groups in total. The quantitative estimate of drug-likeness (QED) is 0.782. The predicted molar refractivity (Wildman–Crippen MR) is 93.9 cm³/mol. The summed E-state index contributed by atoms with van der Waals surface area (Å²) >= 11 is 0. The second-order valence-electron chi connectivity index (χ2n) is 5.80.